The molecule has 1 saturated heterocycles. The summed E-state index contributed by atoms with van der Waals surface area (Å²) in [5.74, 6) is 2.40. The third kappa shape index (κ3) is 4.70. The Hall–Kier alpha value is -2.97. The van der Waals surface area contributed by atoms with E-state index in [0.29, 0.717) is 6.54 Å². The molecule has 31 heavy (non-hydrogen) atoms. The van der Waals surface area contributed by atoms with Gasteiger partial charge in [-0.2, -0.15) is 0 Å². The first-order chi connectivity index (χ1) is 15.2. The molecule has 4 rings (SSSR count). The summed E-state index contributed by atoms with van der Waals surface area (Å²) in [6.45, 7) is 7.76. The van der Waals surface area contributed by atoms with Crippen molar-refractivity contribution in [3.63, 3.8) is 0 Å². The number of hydrogen-bond acceptors (Lipinski definition) is 7. The van der Waals surface area contributed by atoms with Gasteiger partial charge in [-0.15, -0.1) is 5.10 Å². The van der Waals surface area contributed by atoms with Gasteiger partial charge in [-0.3, -0.25) is 4.90 Å². The minimum Gasteiger partial charge on any atom is -0.497 e. The number of benzene rings is 2. The van der Waals surface area contributed by atoms with Gasteiger partial charge in [0.05, 0.1) is 20.8 Å². The van der Waals surface area contributed by atoms with Crippen LogP contribution < -0.4 is 9.47 Å². The van der Waals surface area contributed by atoms with E-state index in [1.165, 1.54) is 0 Å². The summed E-state index contributed by atoms with van der Waals surface area (Å²) in [7, 11) is 3.38. The monoisotopic (exact) mass is 422 g/mol. The quantitative estimate of drug-likeness (QED) is 0.552. The summed E-state index contributed by atoms with van der Waals surface area (Å²) in [4.78, 5) is 4.90. The van der Waals surface area contributed by atoms with Gasteiger partial charge in [-0.1, -0.05) is 37.3 Å². The molecule has 1 atom stereocenters. The van der Waals surface area contributed by atoms with Crippen molar-refractivity contribution in [3.8, 4) is 11.5 Å². The van der Waals surface area contributed by atoms with E-state index < -0.39 is 0 Å². The average molecular weight is 423 g/mol. The van der Waals surface area contributed by atoms with E-state index in [4.69, 9.17) is 9.47 Å². The number of methoxy groups -OCH3 is 2. The van der Waals surface area contributed by atoms with Crippen molar-refractivity contribution in [2.75, 3.05) is 46.9 Å². The van der Waals surface area contributed by atoms with Gasteiger partial charge >= 0.3 is 0 Å². The standard InChI is InChI=1S/C23H30N6O2/c1-4-27-12-14-28(15-13-27)22(20-16-19(30-2)10-11-21(20)31-3)23-24-25-26-29(23)17-18-8-6-5-7-9-18/h5-11,16,22H,4,12-15,17H2,1-3H3/t22-/m0/s1. The van der Waals surface area contributed by atoms with Gasteiger partial charge in [0, 0.05) is 31.7 Å². The fraction of sp³-hybridized carbons (Fsp3) is 0.435. The van der Waals surface area contributed by atoms with E-state index in [1.807, 2.05) is 41.1 Å². The Morgan fingerprint density at radius 3 is 2.42 bits per heavy atom. The molecule has 1 fully saturated rings. The van der Waals surface area contributed by atoms with E-state index >= 15 is 0 Å². The predicted octanol–water partition coefficient (Wildman–Crippen LogP) is 2.47. The number of rotatable bonds is 8. The maximum Gasteiger partial charge on any atom is 0.173 e. The van der Waals surface area contributed by atoms with Crippen LogP contribution in [0.4, 0.5) is 0 Å². The lowest BCUT2D eigenvalue weighted by molar-refractivity contribution is 0.107. The second kappa shape index (κ2) is 9.89. The summed E-state index contributed by atoms with van der Waals surface area (Å²) in [5.41, 5.74) is 2.17. The van der Waals surface area contributed by atoms with Gasteiger partial charge in [-0.05, 0) is 40.7 Å². The molecular formula is C23H30N6O2. The first-order valence-electron chi connectivity index (χ1n) is 10.7. The van der Waals surface area contributed by atoms with Crippen molar-refractivity contribution in [1.82, 2.24) is 30.0 Å². The minimum atomic E-state index is -0.136. The van der Waals surface area contributed by atoms with Crippen molar-refractivity contribution in [2.45, 2.75) is 19.5 Å². The van der Waals surface area contributed by atoms with E-state index in [9.17, 15) is 0 Å². The Bertz CT molecular complexity index is 969. The number of piperazine rings is 1. The Morgan fingerprint density at radius 2 is 1.74 bits per heavy atom. The lowest BCUT2D eigenvalue weighted by Gasteiger charge is -2.38. The van der Waals surface area contributed by atoms with E-state index in [-0.39, 0.29) is 6.04 Å². The van der Waals surface area contributed by atoms with Crippen molar-refractivity contribution in [2.24, 2.45) is 0 Å². The Kier molecular flexibility index (Phi) is 6.79. The summed E-state index contributed by atoms with van der Waals surface area (Å²) >= 11 is 0. The molecule has 1 aliphatic heterocycles. The van der Waals surface area contributed by atoms with Gasteiger partial charge < -0.3 is 14.4 Å². The molecule has 0 radical (unpaired) electrons. The summed E-state index contributed by atoms with van der Waals surface area (Å²) in [5, 5.41) is 12.9. The van der Waals surface area contributed by atoms with Crippen LogP contribution in [0.3, 0.4) is 0 Å². The zero-order chi connectivity index (χ0) is 21.6. The van der Waals surface area contributed by atoms with Gasteiger partial charge in [0.2, 0.25) is 0 Å². The second-order valence-corrected chi connectivity index (χ2v) is 7.66. The molecule has 164 valence electrons. The van der Waals surface area contributed by atoms with Crippen LogP contribution in [0.25, 0.3) is 0 Å². The molecule has 0 unspecified atom stereocenters. The van der Waals surface area contributed by atoms with Crippen LogP contribution in [0.15, 0.2) is 48.5 Å². The lowest BCUT2D eigenvalue weighted by Crippen LogP contribution is -2.48. The number of ether oxygens (including phenoxy) is 2. The SMILES string of the molecule is CCN1CCN([C@@H](c2cc(OC)ccc2OC)c2nnnn2Cc2ccccc2)CC1. The second-order valence-electron chi connectivity index (χ2n) is 7.66. The number of hydrogen-bond donors (Lipinski definition) is 0. The molecule has 1 aromatic heterocycles. The minimum absolute atomic E-state index is 0.136. The van der Waals surface area contributed by atoms with Crippen LogP contribution in [-0.4, -0.2) is 77.0 Å². The molecule has 0 saturated carbocycles. The highest BCUT2D eigenvalue weighted by atomic mass is 16.5. The van der Waals surface area contributed by atoms with Crippen LogP contribution in [0.1, 0.15) is 29.9 Å². The smallest absolute Gasteiger partial charge is 0.173 e. The summed E-state index contributed by atoms with van der Waals surface area (Å²) in [6, 6.07) is 16.0. The van der Waals surface area contributed by atoms with Crippen molar-refractivity contribution in [1.29, 1.82) is 0 Å². The average Bonchev–Trinajstić information content (AvgIpc) is 3.27. The molecular weight excluding hydrogens is 392 g/mol. The summed E-state index contributed by atoms with van der Waals surface area (Å²) in [6.07, 6.45) is 0. The van der Waals surface area contributed by atoms with Gasteiger partial charge in [-0.25, -0.2) is 4.68 Å². The van der Waals surface area contributed by atoms with E-state index in [2.05, 4.69) is 44.4 Å². The Balaban J connectivity index is 1.75. The van der Waals surface area contributed by atoms with Crippen molar-refractivity contribution < 1.29 is 9.47 Å². The highest BCUT2D eigenvalue weighted by Gasteiger charge is 2.32. The van der Waals surface area contributed by atoms with Crippen LogP contribution in [-0.2, 0) is 6.54 Å². The largest absolute Gasteiger partial charge is 0.497 e. The highest BCUT2D eigenvalue weighted by Crippen LogP contribution is 2.36. The highest BCUT2D eigenvalue weighted by molar-refractivity contribution is 5.44. The first-order valence-corrected chi connectivity index (χ1v) is 10.7. The normalized spacial score (nSPS) is 16.2. The molecule has 0 bridgehead atoms. The van der Waals surface area contributed by atoms with Crippen molar-refractivity contribution in [3.05, 3.63) is 65.5 Å². The lowest BCUT2D eigenvalue weighted by atomic mass is 10.0. The van der Waals surface area contributed by atoms with E-state index in [0.717, 1.165) is 61.2 Å². The topological polar surface area (TPSA) is 68.5 Å². The molecule has 8 nitrogen and oxygen atoms in total. The Morgan fingerprint density at radius 1 is 0.968 bits per heavy atom. The summed E-state index contributed by atoms with van der Waals surface area (Å²) < 4.78 is 13.2. The molecule has 2 aromatic carbocycles. The third-order valence-electron chi connectivity index (χ3n) is 5.93. The molecule has 0 N–H and O–H groups in total. The van der Waals surface area contributed by atoms with Gasteiger partial charge in [0.15, 0.2) is 5.82 Å². The zero-order valence-electron chi connectivity index (χ0n) is 18.4. The number of nitrogens with zero attached hydrogens (tertiary/aromatic N) is 6. The zero-order valence-corrected chi connectivity index (χ0v) is 18.4. The fourth-order valence-electron chi connectivity index (χ4n) is 4.17. The first kappa shape index (κ1) is 21.3. The van der Waals surface area contributed by atoms with Crippen LogP contribution in [0, 0.1) is 0 Å². The van der Waals surface area contributed by atoms with Gasteiger partial charge in [0.25, 0.3) is 0 Å². The maximum absolute atomic E-state index is 5.74. The van der Waals surface area contributed by atoms with Crippen molar-refractivity contribution >= 4 is 0 Å². The fourth-order valence-corrected chi connectivity index (χ4v) is 4.17. The van der Waals surface area contributed by atoms with E-state index in [1.54, 1.807) is 14.2 Å². The van der Waals surface area contributed by atoms with Gasteiger partial charge in [0.1, 0.15) is 17.5 Å². The Labute approximate surface area is 183 Å². The molecule has 0 amide bonds. The molecule has 0 spiro atoms. The van der Waals surface area contributed by atoms with Crippen LogP contribution in [0.5, 0.6) is 11.5 Å². The maximum atomic E-state index is 5.74. The van der Waals surface area contributed by atoms with Crippen LogP contribution in [0.2, 0.25) is 0 Å². The third-order valence-corrected chi connectivity index (χ3v) is 5.93. The predicted molar refractivity (Wildman–Crippen MR) is 118 cm³/mol. The number of likely N-dealkylation sites (N-methyl/N-ethyl adjacent to an activating group) is 1. The number of tetrazole rings is 1. The molecule has 1 aliphatic rings. The molecule has 2 heterocycles. The number of aromatic nitrogens is 4. The molecule has 8 heteroatoms. The molecule has 3 aromatic rings. The molecule has 0 aliphatic carbocycles. The van der Waals surface area contributed by atoms with Crippen LogP contribution >= 0.6 is 0 Å².